The van der Waals surface area contributed by atoms with E-state index in [2.05, 4.69) is 16.2 Å². The highest BCUT2D eigenvalue weighted by atomic mass is 32.2. The Kier molecular flexibility index (Phi) is 2.84. The number of hydrogen-bond acceptors (Lipinski definition) is 4. The van der Waals surface area contributed by atoms with Crippen LogP contribution in [0.25, 0.3) is 0 Å². The van der Waals surface area contributed by atoms with Gasteiger partial charge >= 0.3 is 0 Å². The fourth-order valence-electron chi connectivity index (χ4n) is 1.01. The maximum atomic E-state index is 4.87. The fraction of sp³-hybridized carbons (Fsp3) is 0.200. The third kappa shape index (κ3) is 2.35. The predicted molar refractivity (Wildman–Crippen MR) is 53.9 cm³/mol. The van der Waals surface area contributed by atoms with E-state index >= 15 is 0 Å². The van der Waals surface area contributed by atoms with Crippen molar-refractivity contribution in [1.29, 1.82) is 0 Å². The first-order valence-corrected chi connectivity index (χ1v) is 5.22. The van der Waals surface area contributed by atoms with Gasteiger partial charge in [0.15, 0.2) is 5.82 Å². The molecule has 0 spiro atoms. The molecule has 0 aliphatic rings. The summed E-state index contributed by atoms with van der Waals surface area (Å²) in [7, 11) is 0. The Labute approximate surface area is 86.5 Å². The van der Waals surface area contributed by atoms with Gasteiger partial charge in [-0.25, -0.2) is 0 Å². The molecule has 2 aromatic rings. The molecule has 1 radical (unpaired) electrons. The molecular formula is C10H9N2OS. The molecule has 0 bridgehead atoms. The van der Waals surface area contributed by atoms with Crippen LogP contribution in [0.2, 0.25) is 0 Å². The van der Waals surface area contributed by atoms with Crippen molar-refractivity contribution in [3.63, 3.8) is 0 Å². The highest BCUT2D eigenvalue weighted by Gasteiger charge is 2.02. The third-order valence-electron chi connectivity index (χ3n) is 1.61. The normalized spacial score (nSPS) is 10.4. The number of benzene rings is 1. The standard InChI is InChI=1S/C10H9N2OS/c1-8-11-10(12-13-8)7-14-9-5-3-2-4-6-9/h2-5H,7H2,1H3. The molecule has 0 atom stereocenters. The molecular weight excluding hydrogens is 196 g/mol. The van der Waals surface area contributed by atoms with Gasteiger partial charge in [0.05, 0.1) is 5.75 Å². The van der Waals surface area contributed by atoms with Crippen molar-refractivity contribution in [2.24, 2.45) is 0 Å². The molecule has 2 rings (SSSR count). The summed E-state index contributed by atoms with van der Waals surface area (Å²) in [6.07, 6.45) is 0. The average molecular weight is 205 g/mol. The Morgan fingerprint density at radius 2 is 2.43 bits per heavy atom. The summed E-state index contributed by atoms with van der Waals surface area (Å²) < 4.78 is 4.87. The van der Waals surface area contributed by atoms with Gasteiger partial charge in [0.2, 0.25) is 5.89 Å². The Hall–Kier alpha value is -1.29. The molecule has 0 saturated carbocycles. The van der Waals surface area contributed by atoms with Crippen LogP contribution in [-0.2, 0) is 5.75 Å². The number of rotatable bonds is 3. The fourth-order valence-corrected chi connectivity index (χ4v) is 1.74. The Bertz CT molecular complexity index is 400. The summed E-state index contributed by atoms with van der Waals surface area (Å²) in [4.78, 5) is 5.21. The lowest BCUT2D eigenvalue weighted by atomic mass is 10.4. The number of thioether (sulfide) groups is 1. The van der Waals surface area contributed by atoms with Crippen LogP contribution in [0.15, 0.2) is 33.7 Å². The van der Waals surface area contributed by atoms with E-state index in [1.807, 2.05) is 24.3 Å². The summed E-state index contributed by atoms with van der Waals surface area (Å²) in [6.45, 7) is 1.79. The second kappa shape index (κ2) is 4.28. The highest BCUT2D eigenvalue weighted by Crippen LogP contribution is 2.19. The zero-order valence-corrected chi connectivity index (χ0v) is 8.54. The zero-order chi connectivity index (χ0) is 9.80. The molecule has 1 aromatic carbocycles. The summed E-state index contributed by atoms with van der Waals surface area (Å²) in [6, 6.07) is 11.0. The number of aryl methyl sites for hydroxylation is 1. The monoisotopic (exact) mass is 205 g/mol. The molecule has 0 aliphatic carbocycles. The molecule has 14 heavy (non-hydrogen) atoms. The van der Waals surface area contributed by atoms with Crippen molar-refractivity contribution >= 4 is 11.8 Å². The van der Waals surface area contributed by atoms with Crippen LogP contribution in [0.3, 0.4) is 0 Å². The van der Waals surface area contributed by atoms with Crippen LogP contribution in [0, 0.1) is 13.0 Å². The lowest BCUT2D eigenvalue weighted by molar-refractivity contribution is 0.389. The minimum atomic E-state index is 0.609. The Morgan fingerprint density at radius 1 is 1.50 bits per heavy atom. The van der Waals surface area contributed by atoms with Crippen molar-refractivity contribution < 1.29 is 4.52 Å². The number of nitrogens with zero attached hydrogens (tertiary/aromatic N) is 2. The van der Waals surface area contributed by atoms with Crippen LogP contribution in [0.1, 0.15) is 11.7 Å². The summed E-state index contributed by atoms with van der Waals surface area (Å²) in [5, 5.41) is 3.81. The Balaban J connectivity index is 1.95. The molecule has 71 valence electrons. The van der Waals surface area contributed by atoms with Crippen molar-refractivity contribution in [2.75, 3.05) is 0 Å². The van der Waals surface area contributed by atoms with Gasteiger partial charge < -0.3 is 4.52 Å². The zero-order valence-electron chi connectivity index (χ0n) is 7.73. The van der Waals surface area contributed by atoms with E-state index in [0.717, 1.165) is 16.5 Å². The SMILES string of the molecule is Cc1nc(CSc2[c]cccc2)no1. The van der Waals surface area contributed by atoms with E-state index in [0.29, 0.717) is 5.89 Å². The molecule has 0 saturated heterocycles. The van der Waals surface area contributed by atoms with Crippen LogP contribution < -0.4 is 0 Å². The maximum absolute atomic E-state index is 4.87. The predicted octanol–water partition coefficient (Wildman–Crippen LogP) is 2.47. The maximum Gasteiger partial charge on any atom is 0.223 e. The van der Waals surface area contributed by atoms with Gasteiger partial charge in [0, 0.05) is 11.8 Å². The van der Waals surface area contributed by atoms with Crippen molar-refractivity contribution in [1.82, 2.24) is 10.1 Å². The van der Waals surface area contributed by atoms with E-state index in [9.17, 15) is 0 Å². The van der Waals surface area contributed by atoms with Crippen LogP contribution in [0.4, 0.5) is 0 Å². The lowest BCUT2D eigenvalue weighted by Gasteiger charge is -1.95. The average Bonchev–Trinajstić information content (AvgIpc) is 2.63. The van der Waals surface area contributed by atoms with E-state index in [1.165, 1.54) is 0 Å². The second-order valence-electron chi connectivity index (χ2n) is 2.75. The van der Waals surface area contributed by atoms with Crippen molar-refractivity contribution in [3.05, 3.63) is 42.0 Å². The van der Waals surface area contributed by atoms with E-state index in [1.54, 1.807) is 18.7 Å². The minimum absolute atomic E-state index is 0.609. The van der Waals surface area contributed by atoms with Gasteiger partial charge in [-0.05, 0) is 12.1 Å². The summed E-state index contributed by atoms with van der Waals surface area (Å²) >= 11 is 1.65. The first kappa shape index (κ1) is 9.27. The van der Waals surface area contributed by atoms with Gasteiger partial charge in [-0.1, -0.05) is 23.4 Å². The van der Waals surface area contributed by atoms with Gasteiger partial charge in [-0.3, -0.25) is 0 Å². The topological polar surface area (TPSA) is 38.9 Å². The van der Waals surface area contributed by atoms with Crippen LogP contribution in [0.5, 0.6) is 0 Å². The molecule has 0 fully saturated rings. The largest absolute Gasteiger partial charge is 0.340 e. The van der Waals surface area contributed by atoms with Crippen molar-refractivity contribution in [2.45, 2.75) is 17.6 Å². The van der Waals surface area contributed by atoms with Crippen molar-refractivity contribution in [3.8, 4) is 0 Å². The van der Waals surface area contributed by atoms with E-state index in [4.69, 9.17) is 4.52 Å². The molecule has 4 heteroatoms. The number of aromatic nitrogens is 2. The van der Waals surface area contributed by atoms with E-state index in [-0.39, 0.29) is 0 Å². The second-order valence-corrected chi connectivity index (χ2v) is 3.76. The van der Waals surface area contributed by atoms with Gasteiger partial charge in [-0.15, -0.1) is 11.8 Å². The molecule has 3 nitrogen and oxygen atoms in total. The molecule has 0 N–H and O–H groups in total. The molecule has 1 aromatic heterocycles. The third-order valence-corrected chi connectivity index (χ3v) is 2.57. The van der Waals surface area contributed by atoms with E-state index < -0.39 is 0 Å². The van der Waals surface area contributed by atoms with Gasteiger partial charge in [-0.2, -0.15) is 4.98 Å². The molecule has 0 unspecified atom stereocenters. The lowest BCUT2D eigenvalue weighted by Crippen LogP contribution is -1.83. The van der Waals surface area contributed by atoms with Crippen LogP contribution >= 0.6 is 11.8 Å². The first-order chi connectivity index (χ1) is 6.84. The molecule has 1 heterocycles. The quantitative estimate of drug-likeness (QED) is 0.721. The summed E-state index contributed by atoms with van der Waals surface area (Å²) in [5.41, 5.74) is 0. The minimum Gasteiger partial charge on any atom is -0.340 e. The first-order valence-electron chi connectivity index (χ1n) is 4.23. The Morgan fingerprint density at radius 3 is 3.07 bits per heavy atom. The van der Waals surface area contributed by atoms with Gasteiger partial charge in [0.25, 0.3) is 0 Å². The molecule has 0 amide bonds. The highest BCUT2D eigenvalue weighted by molar-refractivity contribution is 7.98. The number of hydrogen-bond donors (Lipinski definition) is 0. The smallest absolute Gasteiger partial charge is 0.223 e. The summed E-state index contributed by atoms with van der Waals surface area (Å²) in [5.74, 6) is 2.06. The van der Waals surface area contributed by atoms with Gasteiger partial charge in [0.1, 0.15) is 0 Å². The molecule has 0 aliphatic heterocycles. The van der Waals surface area contributed by atoms with Crippen LogP contribution in [-0.4, -0.2) is 10.1 Å².